The summed E-state index contributed by atoms with van der Waals surface area (Å²) in [6, 6.07) is 0.593. The first-order valence-corrected chi connectivity index (χ1v) is 5.81. The Morgan fingerprint density at radius 2 is 2.07 bits per heavy atom. The predicted octanol–water partition coefficient (Wildman–Crippen LogP) is 2.44. The summed E-state index contributed by atoms with van der Waals surface area (Å²) < 4.78 is 5.19. The fourth-order valence-corrected chi connectivity index (χ4v) is 1.99. The Balaban J connectivity index is 2.35. The van der Waals surface area contributed by atoms with E-state index in [0.717, 1.165) is 19.1 Å². The summed E-state index contributed by atoms with van der Waals surface area (Å²) in [4.78, 5) is 0. The average Bonchev–Trinajstić information content (AvgIpc) is 2.94. The zero-order valence-corrected chi connectivity index (χ0v) is 10.1. The molecule has 0 amide bonds. The van der Waals surface area contributed by atoms with Crippen LogP contribution in [0.4, 0.5) is 0 Å². The molecule has 0 aromatic rings. The predicted molar refractivity (Wildman–Crippen MR) is 60.5 cm³/mol. The summed E-state index contributed by atoms with van der Waals surface area (Å²) in [7, 11) is 1.79. The lowest BCUT2D eigenvalue weighted by molar-refractivity contribution is 0.127. The molecule has 1 unspecified atom stereocenters. The van der Waals surface area contributed by atoms with Crippen LogP contribution in [-0.4, -0.2) is 26.3 Å². The summed E-state index contributed by atoms with van der Waals surface area (Å²) in [6.07, 6.45) is 4.02. The minimum atomic E-state index is 0.459. The molecule has 1 fully saturated rings. The largest absolute Gasteiger partial charge is 0.385 e. The topological polar surface area (TPSA) is 21.3 Å². The molecular formula is C12H25NO. The second-order valence-electron chi connectivity index (χ2n) is 5.21. The Morgan fingerprint density at radius 3 is 2.50 bits per heavy atom. The van der Waals surface area contributed by atoms with E-state index in [9.17, 15) is 0 Å². The maximum absolute atomic E-state index is 5.19. The van der Waals surface area contributed by atoms with Crippen LogP contribution in [0.2, 0.25) is 0 Å². The van der Waals surface area contributed by atoms with E-state index in [1.54, 1.807) is 7.11 Å². The van der Waals surface area contributed by atoms with E-state index in [0.29, 0.717) is 11.5 Å². The molecule has 84 valence electrons. The average molecular weight is 199 g/mol. The van der Waals surface area contributed by atoms with Crippen molar-refractivity contribution in [1.29, 1.82) is 0 Å². The second kappa shape index (κ2) is 5.13. The molecule has 2 heteroatoms. The fraction of sp³-hybridized carbons (Fsp3) is 1.00. The van der Waals surface area contributed by atoms with Crippen LogP contribution in [0.5, 0.6) is 0 Å². The molecule has 1 rings (SSSR count). The van der Waals surface area contributed by atoms with E-state index >= 15 is 0 Å². The molecule has 1 saturated carbocycles. The van der Waals surface area contributed by atoms with Gasteiger partial charge in [-0.1, -0.05) is 20.8 Å². The lowest BCUT2D eigenvalue weighted by atomic mass is 9.81. The first-order chi connectivity index (χ1) is 6.58. The van der Waals surface area contributed by atoms with Crippen LogP contribution in [0.15, 0.2) is 0 Å². The monoisotopic (exact) mass is 199 g/mol. The Bertz CT molecular complexity index is 166. The van der Waals surface area contributed by atoms with Gasteiger partial charge in [0.1, 0.15) is 0 Å². The number of nitrogens with one attached hydrogen (secondary N) is 1. The van der Waals surface area contributed by atoms with E-state index in [1.165, 1.54) is 19.3 Å². The molecule has 0 bridgehead atoms. The normalized spacial score (nSPS) is 21.2. The molecule has 0 saturated heterocycles. The van der Waals surface area contributed by atoms with Crippen LogP contribution < -0.4 is 5.32 Å². The van der Waals surface area contributed by atoms with Crippen molar-refractivity contribution in [2.45, 2.75) is 46.1 Å². The van der Waals surface area contributed by atoms with E-state index in [-0.39, 0.29) is 0 Å². The molecule has 0 radical (unpaired) electrons. The highest BCUT2D eigenvalue weighted by Crippen LogP contribution is 2.47. The van der Waals surface area contributed by atoms with Crippen LogP contribution >= 0.6 is 0 Å². The summed E-state index contributed by atoms with van der Waals surface area (Å²) >= 11 is 0. The van der Waals surface area contributed by atoms with Crippen molar-refractivity contribution in [3.05, 3.63) is 0 Å². The molecule has 14 heavy (non-hydrogen) atoms. The smallest absolute Gasteiger partial charge is 0.0468 e. The molecule has 1 N–H and O–H groups in total. The van der Waals surface area contributed by atoms with Gasteiger partial charge in [-0.2, -0.15) is 0 Å². The summed E-state index contributed by atoms with van der Waals surface area (Å²) in [5.41, 5.74) is 0.459. The minimum absolute atomic E-state index is 0.459. The number of rotatable bonds is 7. The Morgan fingerprint density at radius 1 is 1.43 bits per heavy atom. The van der Waals surface area contributed by atoms with Crippen LogP contribution in [0, 0.1) is 11.3 Å². The van der Waals surface area contributed by atoms with Gasteiger partial charge in [0.25, 0.3) is 0 Å². The van der Waals surface area contributed by atoms with Crippen molar-refractivity contribution >= 4 is 0 Å². The number of ether oxygens (including phenoxy) is 1. The van der Waals surface area contributed by atoms with Gasteiger partial charge < -0.3 is 10.1 Å². The highest BCUT2D eigenvalue weighted by Gasteiger charge is 2.40. The minimum Gasteiger partial charge on any atom is -0.385 e. The van der Waals surface area contributed by atoms with Crippen molar-refractivity contribution in [2.75, 3.05) is 20.3 Å². The molecule has 0 aliphatic heterocycles. The molecule has 1 aliphatic rings. The first-order valence-electron chi connectivity index (χ1n) is 5.81. The summed E-state index contributed by atoms with van der Waals surface area (Å²) in [5.74, 6) is 0.934. The molecule has 0 heterocycles. The zero-order chi connectivity index (χ0) is 10.6. The standard InChI is InChI=1S/C12H25NO/c1-10(2)13-9-12(3,7-8-14-4)11-5-6-11/h10-11,13H,5-9H2,1-4H3. The third-order valence-corrected chi connectivity index (χ3v) is 3.35. The number of hydrogen-bond donors (Lipinski definition) is 1. The molecule has 1 aliphatic carbocycles. The van der Waals surface area contributed by atoms with Crippen LogP contribution in [0.25, 0.3) is 0 Å². The van der Waals surface area contributed by atoms with E-state index in [2.05, 4.69) is 26.1 Å². The van der Waals surface area contributed by atoms with Gasteiger partial charge in [0.15, 0.2) is 0 Å². The zero-order valence-electron chi connectivity index (χ0n) is 10.1. The van der Waals surface area contributed by atoms with Gasteiger partial charge in [-0.05, 0) is 30.6 Å². The third kappa shape index (κ3) is 3.58. The molecular weight excluding hydrogens is 174 g/mol. The van der Waals surface area contributed by atoms with E-state index in [4.69, 9.17) is 4.74 Å². The third-order valence-electron chi connectivity index (χ3n) is 3.35. The maximum Gasteiger partial charge on any atom is 0.0468 e. The number of methoxy groups -OCH3 is 1. The second-order valence-corrected chi connectivity index (χ2v) is 5.21. The summed E-state index contributed by atoms with van der Waals surface area (Å²) in [5, 5.41) is 3.56. The molecule has 1 atom stereocenters. The van der Waals surface area contributed by atoms with Crippen molar-refractivity contribution in [3.63, 3.8) is 0 Å². The van der Waals surface area contributed by atoms with Crippen LogP contribution in [-0.2, 0) is 4.74 Å². The van der Waals surface area contributed by atoms with Gasteiger partial charge >= 0.3 is 0 Å². The van der Waals surface area contributed by atoms with Gasteiger partial charge in [0.05, 0.1) is 0 Å². The summed E-state index contributed by atoms with van der Waals surface area (Å²) in [6.45, 7) is 8.86. The van der Waals surface area contributed by atoms with Gasteiger partial charge in [-0.25, -0.2) is 0 Å². The van der Waals surface area contributed by atoms with Crippen molar-refractivity contribution in [3.8, 4) is 0 Å². The fourth-order valence-electron chi connectivity index (χ4n) is 1.99. The quantitative estimate of drug-likeness (QED) is 0.680. The van der Waals surface area contributed by atoms with Gasteiger partial charge in [0.2, 0.25) is 0 Å². The van der Waals surface area contributed by atoms with Crippen molar-refractivity contribution < 1.29 is 4.74 Å². The Hall–Kier alpha value is -0.0800. The van der Waals surface area contributed by atoms with E-state index in [1.807, 2.05) is 0 Å². The molecule has 2 nitrogen and oxygen atoms in total. The lowest BCUT2D eigenvalue weighted by Crippen LogP contribution is -2.37. The number of hydrogen-bond acceptors (Lipinski definition) is 2. The SMILES string of the molecule is COCCC(C)(CNC(C)C)C1CC1. The Kier molecular flexibility index (Phi) is 4.39. The molecule has 0 aromatic heterocycles. The first kappa shape index (κ1) is 12.0. The lowest BCUT2D eigenvalue weighted by Gasteiger charge is -2.31. The highest BCUT2D eigenvalue weighted by molar-refractivity contribution is 4.92. The van der Waals surface area contributed by atoms with Gasteiger partial charge in [-0.3, -0.25) is 0 Å². The van der Waals surface area contributed by atoms with Crippen molar-refractivity contribution in [1.82, 2.24) is 5.32 Å². The highest BCUT2D eigenvalue weighted by atomic mass is 16.5. The van der Waals surface area contributed by atoms with Gasteiger partial charge in [-0.15, -0.1) is 0 Å². The van der Waals surface area contributed by atoms with Crippen LogP contribution in [0.3, 0.4) is 0 Å². The van der Waals surface area contributed by atoms with Gasteiger partial charge in [0, 0.05) is 26.3 Å². The van der Waals surface area contributed by atoms with Crippen molar-refractivity contribution in [2.24, 2.45) is 11.3 Å². The molecule has 0 spiro atoms. The Labute approximate surface area is 88.4 Å². The van der Waals surface area contributed by atoms with Crippen LogP contribution in [0.1, 0.15) is 40.0 Å². The maximum atomic E-state index is 5.19. The molecule has 0 aromatic carbocycles. The van der Waals surface area contributed by atoms with E-state index < -0.39 is 0 Å².